The molecule has 118 valence electrons. The first kappa shape index (κ1) is 15.0. The molecule has 0 aliphatic carbocycles. The van der Waals surface area contributed by atoms with Crippen LogP contribution in [0, 0.1) is 0 Å². The maximum Gasteiger partial charge on any atom is 0.339 e. The zero-order chi connectivity index (χ0) is 16.2. The first-order chi connectivity index (χ1) is 11.2. The number of imidazole rings is 1. The van der Waals surface area contributed by atoms with Crippen molar-refractivity contribution < 1.29 is 9.53 Å². The highest BCUT2D eigenvalue weighted by Gasteiger charge is 2.10. The second-order valence-electron chi connectivity index (χ2n) is 5.18. The Labute approximate surface area is 134 Å². The van der Waals surface area contributed by atoms with Gasteiger partial charge in [-0.3, -0.25) is 0 Å². The third-order valence-electron chi connectivity index (χ3n) is 3.48. The van der Waals surface area contributed by atoms with Crippen LogP contribution in [0.15, 0.2) is 42.6 Å². The van der Waals surface area contributed by atoms with Crippen LogP contribution in [0.3, 0.4) is 0 Å². The van der Waals surface area contributed by atoms with Gasteiger partial charge in [-0.2, -0.15) is 0 Å². The van der Waals surface area contributed by atoms with Crippen molar-refractivity contribution in [2.45, 2.75) is 13.5 Å². The highest BCUT2D eigenvalue weighted by atomic mass is 16.5. The molecule has 1 N–H and O–H groups in total. The fraction of sp³-hybridized carbons (Fsp3) is 0.235. The molecule has 0 aliphatic heterocycles. The fourth-order valence-electron chi connectivity index (χ4n) is 2.33. The van der Waals surface area contributed by atoms with E-state index in [1.165, 1.54) is 6.20 Å². The van der Waals surface area contributed by atoms with Crippen LogP contribution in [0.4, 0.5) is 5.82 Å². The summed E-state index contributed by atoms with van der Waals surface area (Å²) in [6.45, 7) is 2.73. The minimum absolute atomic E-state index is 0.354. The van der Waals surface area contributed by atoms with E-state index >= 15 is 0 Å². The molecule has 0 bridgehead atoms. The number of hydrogen-bond donors (Lipinski definition) is 1. The van der Waals surface area contributed by atoms with Gasteiger partial charge in [0.1, 0.15) is 11.6 Å². The molecular weight excluding hydrogens is 292 g/mol. The van der Waals surface area contributed by atoms with Crippen molar-refractivity contribution >= 4 is 22.8 Å². The van der Waals surface area contributed by atoms with Crippen molar-refractivity contribution in [3.05, 3.63) is 54.0 Å². The molecule has 0 unspecified atom stereocenters. The second kappa shape index (κ2) is 6.48. The molecule has 0 atom stereocenters. The number of hydrogen-bond acceptors (Lipinski definition) is 5. The van der Waals surface area contributed by atoms with E-state index in [-0.39, 0.29) is 5.97 Å². The Kier molecular flexibility index (Phi) is 4.23. The van der Waals surface area contributed by atoms with Crippen LogP contribution in [-0.2, 0) is 11.3 Å². The van der Waals surface area contributed by atoms with Crippen molar-refractivity contribution in [2.24, 2.45) is 0 Å². The maximum absolute atomic E-state index is 11.6. The van der Waals surface area contributed by atoms with Crippen LogP contribution in [0.5, 0.6) is 0 Å². The first-order valence-corrected chi connectivity index (χ1v) is 7.45. The van der Waals surface area contributed by atoms with Crippen molar-refractivity contribution in [3.8, 4) is 0 Å². The first-order valence-electron chi connectivity index (χ1n) is 7.45. The van der Waals surface area contributed by atoms with Crippen LogP contribution < -0.4 is 4.90 Å². The number of carbonyl (C=O) groups excluding carboxylic acids is 1. The Bertz CT molecular complexity index is 778. The number of benzene rings is 1. The number of para-hydroxylation sites is 2. The number of ether oxygens (including phenoxy) is 1. The molecule has 6 nitrogen and oxygen atoms in total. The van der Waals surface area contributed by atoms with Gasteiger partial charge in [0.15, 0.2) is 0 Å². The number of pyridine rings is 1. The molecule has 0 saturated carbocycles. The number of fused-ring (bicyclic) bond motifs is 1. The minimum Gasteiger partial charge on any atom is -0.462 e. The molecule has 0 fully saturated rings. The van der Waals surface area contributed by atoms with Gasteiger partial charge in [-0.15, -0.1) is 0 Å². The number of nitrogens with zero attached hydrogens (tertiary/aromatic N) is 3. The summed E-state index contributed by atoms with van der Waals surface area (Å²) in [4.78, 5) is 25.7. The van der Waals surface area contributed by atoms with Gasteiger partial charge >= 0.3 is 5.97 Å². The SMILES string of the molecule is CCOC(=O)c1ccc(N(C)Cc2nc3ccccc3[nH]2)nc1. The highest BCUT2D eigenvalue weighted by molar-refractivity contribution is 5.89. The number of esters is 1. The molecular formula is C17H18N4O2. The standard InChI is InChI=1S/C17H18N4O2/c1-3-23-17(22)12-8-9-16(18-10-12)21(2)11-15-19-13-6-4-5-7-14(13)20-15/h4-10H,3,11H2,1-2H3,(H,19,20). The van der Waals surface area contributed by atoms with E-state index in [0.717, 1.165) is 22.7 Å². The topological polar surface area (TPSA) is 71.1 Å². The van der Waals surface area contributed by atoms with Gasteiger partial charge in [0.2, 0.25) is 0 Å². The van der Waals surface area contributed by atoms with Gasteiger partial charge in [-0.1, -0.05) is 12.1 Å². The summed E-state index contributed by atoms with van der Waals surface area (Å²) < 4.78 is 4.95. The van der Waals surface area contributed by atoms with Gasteiger partial charge in [0.05, 0.1) is 29.7 Å². The van der Waals surface area contributed by atoms with Crippen LogP contribution >= 0.6 is 0 Å². The van der Waals surface area contributed by atoms with Gasteiger partial charge < -0.3 is 14.6 Å². The Morgan fingerprint density at radius 2 is 2.09 bits per heavy atom. The molecule has 0 spiro atoms. The monoisotopic (exact) mass is 310 g/mol. The van der Waals surface area contributed by atoms with Crippen LogP contribution in [0.2, 0.25) is 0 Å². The number of carbonyl (C=O) groups is 1. The molecule has 3 rings (SSSR count). The second-order valence-corrected chi connectivity index (χ2v) is 5.18. The predicted octanol–water partition coefficient (Wildman–Crippen LogP) is 2.77. The number of rotatable bonds is 5. The Morgan fingerprint density at radius 3 is 2.78 bits per heavy atom. The minimum atomic E-state index is -0.355. The molecule has 6 heteroatoms. The molecule has 0 amide bonds. The average Bonchev–Trinajstić information content (AvgIpc) is 2.97. The molecule has 2 heterocycles. The lowest BCUT2D eigenvalue weighted by molar-refractivity contribution is 0.0526. The van der Waals surface area contributed by atoms with Crippen molar-refractivity contribution in [1.29, 1.82) is 0 Å². The van der Waals surface area contributed by atoms with Gasteiger partial charge in [-0.25, -0.2) is 14.8 Å². The highest BCUT2D eigenvalue weighted by Crippen LogP contribution is 2.15. The number of aromatic amines is 1. The zero-order valence-corrected chi connectivity index (χ0v) is 13.1. The average molecular weight is 310 g/mol. The van der Waals surface area contributed by atoms with Gasteiger partial charge in [-0.05, 0) is 31.2 Å². The number of aromatic nitrogens is 3. The molecule has 3 aromatic rings. The van der Waals surface area contributed by atoms with E-state index in [4.69, 9.17) is 4.74 Å². The Balaban J connectivity index is 1.72. The lowest BCUT2D eigenvalue weighted by atomic mass is 10.3. The number of anilines is 1. The third kappa shape index (κ3) is 3.31. The lowest BCUT2D eigenvalue weighted by Gasteiger charge is -2.16. The zero-order valence-electron chi connectivity index (χ0n) is 13.1. The van der Waals surface area contributed by atoms with Crippen molar-refractivity contribution in [3.63, 3.8) is 0 Å². The summed E-state index contributed by atoms with van der Waals surface area (Å²) in [6, 6.07) is 11.4. The third-order valence-corrected chi connectivity index (χ3v) is 3.48. The van der Waals surface area contributed by atoms with E-state index in [1.54, 1.807) is 19.1 Å². The number of nitrogens with one attached hydrogen (secondary N) is 1. The Hall–Kier alpha value is -2.89. The van der Waals surface area contributed by atoms with Crippen LogP contribution in [0.1, 0.15) is 23.1 Å². The molecule has 23 heavy (non-hydrogen) atoms. The summed E-state index contributed by atoms with van der Waals surface area (Å²) in [5.74, 6) is 1.27. The molecule has 0 saturated heterocycles. The van der Waals surface area contributed by atoms with Crippen molar-refractivity contribution in [1.82, 2.24) is 15.0 Å². The molecule has 1 aromatic carbocycles. The van der Waals surface area contributed by atoms with E-state index in [1.807, 2.05) is 36.2 Å². The van der Waals surface area contributed by atoms with Crippen LogP contribution in [-0.4, -0.2) is 34.6 Å². The van der Waals surface area contributed by atoms with E-state index in [2.05, 4.69) is 15.0 Å². The summed E-state index contributed by atoms with van der Waals surface area (Å²) >= 11 is 0. The Morgan fingerprint density at radius 1 is 1.26 bits per heavy atom. The molecule has 2 aromatic heterocycles. The molecule has 0 aliphatic rings. The summed E-state index contributed by atoms with van der Waals surface area (Å²) in [7, 11) is 1.93. The predicted molar refractivity (Wildman–Crippen MR) is 88.4 cm³/mol. The van der Waals surface area contributed by atoms with Gasteiger partial charge in [0, 0.05) is 13.2 Å². The fourth-order valence-corrected chi connectivity index (χ4v) is 2.33. The quantitative estimate of drug-likeness (QED) is 0.734. The summed E-state index contributed by atoms with van der Waals surface area (Å²) in [5, 5.41) is 0. The van der Waals surface area contributed by atoms with Gasteiger partial charge in [0.25, 0.3) is 0 Å². The smallest absolute Gasteiger partial charge is 0.339 e. The lowest BCUT2D eigenvalue weighted by Crippen LogP contribution is -2.18. The molecule has 0 radical (unpaired) electrons. The summed E-state index contributed by atoms with van der Waals surface area (Å²) in [5.41, 5.74) is 2.41. The largest absolute Gasteiger partial charge is 0.462 e. The van der Waals surface area contributed by atoms with E-state index < -0.39 is 0 Å². The maximum atomic E-state index is 11.6. The summed E-state index contributed by atoms with van der Waals surface area (Å²) in [6.07, 6.45) is 1.53. The van der Waals surface area contributed by atoms with E-state index in [9.17, 15) is 4.79 Å². The van der Waals surface area contributed by atoms with Crippen molar-refractivity contribution in [2.75, 3.05) is 18.6 Å². The van der Waals surface area contributed by atoms with E-state index in [0.29, 0.717) is 18.7 Å². The number of H-pyrrole nitrogens is 1. The normalized spacial score (nSPS) is 10.7. The van der Waals surface area contributed by atoms with Crippen LogP contribution in [0.25, 0.3) is 11.0 Å².